The van der Waals surface area contributed by atoms with Crippen molar-refractivity contribution in [1.29, 1.82) is 0 Å². The molecule has 1 aromatic carbocycles. The second-order valence-corrected chi connectivity index (χ2v) is 3.01. The Labute approximate surface area is 75.2 Å². The van der Waals surface area contributed by atoms with Crippen molar-refractivity contribution in [1.82, 2.24) is 0 Å². The summed E-state index contributed by atoms with van der Waals surface area (Å²) in [4.78, 5) is 10.4. The Hall–Kier alpha value is -0.890. The summed E-state index contributed by atoms with van der Waals surface area (Å²) >= 11 is 5.77. The third kappa shape index (κ3) is 1.34. The number of carbonyl (C=O) groups excluding carboxylic acids is 1. The number of rotatable bonds is 1. The predicted octanol–water partition coefficient (Wildman–Crippen LogP) is 2.91. The lowest BCUT2D eigenvalue weighted by atomic mass is 10.1. The largest absolute Gasteiger partial charge is 0.298 e. The van der Waals surface area contributed by atoms with Gasteiger partial charge in [0.1, 0.15) is 12.1 Å². The van der Waals surface area contributed by atoms with E-state index in [0.717, 1.165) is 0 Å². The Kier molecular flexibility index (Phi) is 2.48. The zero-order valence-electron chi connectivity index (χ0n) is 6.82. The van der Waals surface area contributed by atoms with Crippen LogP contribution >= 0.6 is 11.6 Å². The Balaban J connectivity index is 3.49. The summed E-state index contributed by atoms with van der Waals surface area (Å²) in [5.74, 6) is -0.437. The van der Waals surface area contributed by atoms with Crippen LogP contribution in [0.3, 0.4) is 0 Å². The lowest BCUT2D eigenvalue weighted by molar-refractivity contribution is 0.112. The normalized spacial score (nSPS) is 10.0. The molecule has 0 aliphatic heterocycles. The molecular formula is C9H8ClFO. The van der Waals surface area contributed by atoms with Crippen molar-refractivity contribution in [3.63, 3.8) is 0 Å². The summed E-state index contributed by atoms with van der Waals surface area (Å²) in [6.07, 6.45) is 0.601. The number of aldehydes is 1. The van der Waals surface area contributed by atoms with Gasteiger partial charge in [0, 0.05) is 11.1 Å². The molecule has 0 atom stereocenters. The molecule has 64 valence electrons. The fraction of sp³-hybridized carbons (Fsp3) is 0.222. The second kappa shape index (κ2) is 3.23. The van der Waals surface area contributed by atoms with Crippen molar-refractivity contribution in [2.24, 2.45) is 0 Å². The highest BCUT2D eigenvalue weighted by Gasteiger charge is 2.09. The molecule has 1 nitrogen and oxygen atoms in total. The van der Waals surface area contributed by atoms with Crippen molar-refractivity contribution in [3.05, 3.63) is 33.6 Å². The molecule has 3 heteroatoms. The van der Waals surface area contributed by atoms with Gasteiger partial charge >= 0.3 is 0 Å². The minimum Gasteiger partial charge on any atom is -0.298 e. The fourth-order valence-corrected chi connectivity index (χ4v) is 1.19. The lowest BCUT2D eigenvalue weighted by Gasteiger charge is -2.05. The highest BCUT2D eigenvalue weighted by molar-refractivity contribution is 6.32. The van der Waals surface area contributed by atoms with Gasteiger partial charge in [-0.3, -0.25) is 4.79 Å². The molecule has 0 aromatic heterocycles. The first-order valence-electron chi connectivity index (χ1n) is 3.48. The number of carbonyl (C=O) groups is 1. The van der Waals surface area contributed by atoms with Crippen LogP contribution < -0.4 is 0 Å². The zero-order chi connectivity index (χ0) is 9.30. The molecule has 0 unspecified atom stereocenters. The number of hydrogen-bond acceptors (Lipinski definition) is 1. The Morgan fingerprint density at radius 2 is 2.00 bits per heavy atom. The van der Waals surface area contributed by atoms with E-state index in [0.29, 0.717) is 28.0 Å². The maximum Gasteiger partial charge on any atom is 0.150 e. The molecule has 0 amide bonds. The van der Waals surface area contributed by atoms with Gasteiger partial charge in [0.05, 0.1) is 5.02 Å². The SMILES string of the molecule is Cc1c(F)cc(C=O)c(C)c1Cl. The quantitative estimate of drug-likeness (QED) is 0.617. The highest BCUT2D eigenvalue weighted by Crippen LogP contribution is 2.24. The maximum absolute atomic E-state index is 13.0. The summed E-state index contributed by atoms with van der Waals surface area (Å²) < 4.78 is 13.0. The molecule has 12 heavy (non-hydrogen) atoms. The molecule has 0 fully saturated rings. The van der Waals surface area contributed by atoms with E-state index < -0.39 is 5.82 Å². The van der Waals surface area contributed by atoms with E-state index in [1.54, 1.807) is 13.8 Å². The molecule has 0 heterocycles. The molecule has 0 aliphatic carbocycles. The molecule has 1 rings (SSSR count). The van der Waals surface area contributed by atoms with Crippen molar-refractivity contribution in [2.75, 3.05) is 0 Å². The number of halogens is 2. The van der Waals surface area contributed by atoms with Crippen LogP contribution in [0.2, 0.25) is 5.02 Å². The first-order valence-corrected chi connectivity index (χ1v) is 3.86. The minimum absolute atomic E-state index is 0.308. The van der Waals surface area contributed by atoms with Crippen molar-refractivity contribution >= 4 is 17.9 Å². The molecule has 0 saturated heterocycles. The third-order valence-corrected chi connectivity index (χ3v) is 2.43. The smallest absolute Gasteiger partial charge is 0.150 e. The van der Waals surface area contributed by atoms with Crippen LogP contribution in [0, 0.1) is 19.7 Å². The molecule has 1 aromatic rings. The van der Waals surface area contributed by atoms with E-state index in [2.05, 4.69) is 0 Å². The van der Waals surface area contributed by atoms with Crippen LogP contribution in [0.1, 0.15) is 21.5 Å². The fourth-order valence-electron chi connectivity index (χ4n) is 0.988. The van der Waals surface area contributed by atoms with Gasteiger partial charge in [0.15, 0.2) is 0 Å². The zero-order valence-corrected chi connectivity index (χ0v) is 7.57. The van der Waals surface area contributed by atoms with Gasteiger partial charge in [0.25, 0.3) is 0 Å². The van der Waals surface area contributed by atoms with Crippen molar-refractivity contribution < 1.29 is 9.18 Å². The summed E-state index contributed by atoms with van der Waals surface area (Å²) in [5.41, 5.74) is 1.33. The molecule has 0 radical (unpaired) electrons. The monoisotopic (exact) mass is 186 g/mol. The average molecular weight is 187 g/mol. The first-order chi connectivity index (χ1) is 5.57. The summed E-state index contributed by atoms with van der Waals surface area (Å²) in [7, 11) is 0. The van der Waals surface area contributed by atoms with Crippen LogP contribution in [0.5, 0.6) is 0 Å². The van der Waals surface area contributed by atoms with Gasteiger partial charge in [0.2, 0.25) is 0 Å². The van der Waals surface area contributed by atoms with Gasteiger partial charge in [-0.05, 0) is 25.5 Å². The Bertz CT molecular complexity index is 334. The van der Waals surface area contributed by atoms with E-state index in [1.807, 2.05) is 0 Å². The van der Waals surface area contributed by atoms with Gasteiger partial charge in [-0.2, -0.15) is 0 Å². The highest BCUT2D eigenvalue weighted by atomic mass is 35.5. The molecule has 0 bridgehead atoms. The molecular weight excluding hydrogens is 179 g/mol. The van der Waals surface area contributed by atoms with Crippen molar-refractivity contribution in [3.8, 4) is 0 Å². The Morgan fingerprint density at radius 1 is 1.42 bits per heavy atom. The van der Waals surface area contributed by atoms with Gasteiger partial charge in [-0.15, -0.1) is 0 Å². The van der Waals surface area contributed by atoms with Crippen LogP contribution in [0.25, 0.3) is 0 Å². The molecule has 0 N–H and O–H groups in total. The second-order valence-electron chi connectivity index (χ2n) is 2.63. The van der Waals surface area contributed by atoms with E-state index >= 15 is 0 Å². The van der Waals surface area contributed by atoms with Gasteiger partial charge in [-0.25, -0.2) is 4.39 Å². The molecule has 0 spiro atoms. The van der Waals surface area contributed by atoms with Crippen LogP contribution in [0.4, 0.5) is 4.39 Å². The van der Waals surface area contributed by atoms with Gasteiger partial charge in [-0.1, -0.05) is 11.6 Å². The number of benzene rings is 1. The third-order valence-electron chi connectivity index (χ3n) is 1.86. The van der Waals surface area contributed by atoms with Gasteiger partial charge < -0.3 is 0 Å². The lowest BCUT2D eigenvalue weighted by Crippen LogP contribution is -1.93. The maximum atomic E-state index is 13.0. The van der Waals surface area contributed by atoms with E-state index in [4.69, 9.17) is 11.6 Å². The van der Waals surface area contributed by atoms with Crippen LogP contribution in [0.15, 0.2) is 6.07 Å². The summed E-state index contributed by atoms with van der Waals surface area (Å²) in [6.45, 7) is 3.28. The van der Waals surface area contributed by atoms with E-state index in [9.17, 15) is 9.18 Å². The Morgan fingerprint density at radius 3 is 2.50 bits per heavy atom. The van der Waals surface area contributed by atoms with Crippen molar-refractivity contribution in [2.45, 2.75) is 13.8 Å². The van der Waals surface area contributed by atoms with Crippen LogP contribution in [-0.4, -0.2) is 6.29 Å². The standard InChI is InChI=1S/C9H8ClFO/c1-5-7(4-12)3-8(11)6(2)9(5)10/h3-4H,1-2H3. The molecule has 0 aliphatic rings. The predicted molar refractivity (Wildman–Crippen MR) is 46.3 cm³/mol. The average Bonchev–Trinajstić information content (AvgIpc) is 2.08. The molecule has 0 saturated carbocycles. The minimum atomic E-state index is -0.437. The first kappa shape index (κ1) is 9.20. The summed E-state index contributed by atoms with van der Waals surface area (Å²) in [5, 5.41) is 0.331. The van der Waals surface area contributed by atoms with E-state index in [-0.39, 0.29) is 0 Å². The summed E-state index contributed by atoms with van der Waals surface area (Å²) in [6, 6.07) is 1.20. The number of hydrogen-bond donors (Lipinski definition) is 0. The van der Waals surface area contributed by atoms with Crippen LogP contribution in [-0.2, 0) is 0 Å². The van der Waals surface area contributed by atoms with E-state index in [1.165, 1.54) is 6.07 Å². The topological polar surface area (TPSA) is 17.1 Å².